The maximum absolute atomic E-state index is 6.76. The number of imidazole rings is 1. The molecule has 0 spiro atoms. The van der Waals surface area contributed by atoms with Gasteiger partial charge in [0.25, 0.3) is 0 Å². The van der Waals surface area contributed by atoms with Crippen LogP contribution in [0.4, 0.5) is 0 Å². The summed E-state index contributed by atoms with van der Waals surface area (Å²) < 4.78 is 8.13. The molecule has 1 saturated heterocycles. The van der Waals surface area contributed by atoms with E-state index in [1.165, 1.54) is 0 Å². The second-order valence-corrected chi connectivity index (χ2v) is 10.6. The number of H-pyrrole nitrogens is 1. The molecule has 1 atom stereocenters. The van der Waals surface area contributed by atoms with E-state index in [9.17, 15) is 0 Å². The fraction of sp³-hybridized carbons (Fsp3) is 0.333. The normalized spacial score (nSPS) is 17.6. The summed E-state index contributed by atoms with van der Waals surface area (Å²) in [6.45, 7) is 8.38. The van der Waals surface area contributed by atoms with Gasteiger partial charge in [0, 0.05) is 29.9 Å². The van der Waals surface area contributed by atoms with Crippen molar-refractivity contribution in [1.29, 1.82) is 0 Å². The van der Waals surface area contributed by atoms with E-state index in [-0.39, 0.29) is 5.54 Å². The van der Waals surface area contributed by atoms with Gasteiger partial charge in [-0.15, -0.1) is 0 Å². The molecule has 2 N–H and O–H groups in total. The van der Waals surface area contributed by atoms with Gasteiger partial charge in [-0.3, -0.25) is 9.67 Å². The number of fused-ring (bicyclic) bond motifs is 2. The van der Waals surface area contributed by atoms with Crippen LogP contribution in [-0.2, 0) is 6.54 Å². The third kappa shape index (κ3) is 4.54. The number of nitrogens with one attached hydrogen (secondary N) is 2. The third-order valence-electron chi connectivity index (χ3n) is 6.75. The molecule has 184 valence electrons. The number of aromatic nitrogens is 6. The first-order valence-electron chi connectivity index (χ1n) is 12.2. The molecule has 36 heavy (non-hydrogen) atoms. The molecular formula is C27H28ClN7O. The van der Waals surface area contributed by atoms with Crippen LogP contribution in [0, 0.1) is 12.8 Å². The first-order chi connectivity index (χ1) is 17.3. The predicted octanol–water partition coefficient (Wildman–Crippen LogP) is 5.90. The highest BCUT2D eigenvalue weighted by Crippen LogP contribution is 2.35. The van der Waals surface area contributed by atoms with E-state index in [2.05, 4.69) is 39.2 Å². The second kappa shape index (κ2) is 8.87. The molecule has 9 heteroatoms. The quantitative estimate of drug-likeness (QED) is 0.311. The van der Waals surface area contributed by atoms with E-state index in [0.29, 0.717) is 33.5 Å². The van der Waals surface area contributed by atoms with Gasteiger partial charge in [0.1, 0.15) is 27.9 Å². The Bertz CT molecular complexity index is 1570. The van der Waals surface area contributed by atoms with Crippen LogP contribution < -0.4 is 10.1 Å². The number of hydrogen-bond donors (Lipinski definition) is 2. The second-order valence-electron chi connectivity index (χ2n) is 10.2. The van der Waals surface area contributed by atoms with Gasteiger partial charge < -0.3 is 15.0 Å². The average Bonchev–Trinajstić information content (AvgIpc) is 3.45. The molecule has 4 heterocycles. The Morgan fingerprint density at radius 3 is 2.86 bits per heavy atom. The zero-order valence-corrected chi connectivity index (χ0v) is 21.3. The van der Waals surface area contributed by atoms with Gasteiger partial charge in [-0.25, -0.2) is 9.97 Å². The number of aryl methyl sites for hydroxylation is 1. The minimum Gasteiger partial charge on any atom is -0.456 e. The fourth-order valence-electron chi connectivity index (χ4n) is 5.08. The number of halogens is 1. The predicted molar refractivity (Wildman–Crippen MR) is 141 cm³/mol. The van der Waals surface area contributed by atoms with Crippen LogP contribution in [0.1, 0.15) is 32.5 Å². The monoisotopic (exact) mass is 501 g/mol. The summed E-state index contributed by atoms with van der Waals surface area (Å²) in [5, 5.41) is 8.60. The number of rotatable bonds is 5. The molecule has 0 amide bonds. The number of aromatic amines is 1. The SMILES string of the molecule is Cc1nc2ccc(Oc3ccc4ncc(-c5cnn(CC6CCNC(C)(C)C6)c5)nc4c3Cl)cc2[nH]1. The molecule has 6 rings (SSSR count). The van der Waals surface area contributed by atoms with Gasteiger partial charge in [0.2, 0.25) is 0 Å². The van der Waals surface area contributed by atoms with Crippen molar-refractivity contribution in [2.24, 2.45) is 5.92 Å². The standard InChI is InChI=1S/C27H28ClN7O/c1-16-32-20-5-4-19(10-22(20)33-16)36-24-7-6-21-26(25(24)28)34-23(13-29-21)18-12-31-35(15-18)14-17-8-9-30-27(2,3)11-17/h4-7,10,12-13,15,17,30H,8-9,11,14H2,1-3H3,(H,32,33). The van der Waals surface area contributed by atoms with E-state index in [0.717, 1.165) is 54.0 Å². The Morgan fingerprint density at radius 1 is 1.14 bits per heavy atom. The first-order valence-corrected chi connectivity index (χ1v) is 12.6. The van der Waals surface area contributed by atoms with Crippen molar-refractivity contribution in [2.75, 3.05) is 6.54 Å². The van der Waals surface area contributed by atoms with Crippen LogP contribution in [0.2, 0.25) is 5.02 Å². The highest BCUT2D eigenvalue weighted by atomic mass is 35.5. The Balaban J connectivity index is 1.25. The average molecular weight is 502 g/mol. The van der Waals surface area contributed by atoms with E-state index in [1.807, 2.05) is 54.3 Å². The summed E-state index contributed by atoms with van der Waals surface area (Å²) in [4.78, 5) is 17.1. The lowest BCUT2D eigenvalue weighted by molar-refractivity contribution is 0.208. The first kappa shape index (κ1) is 22.9. The summed E-state index contributed by atoms with van der Waals surface area (Å²) in [7, 11) is 0. The Morgan fingerprint density at radius 2 is 2.00 bits per heavy atom. The minimum atomic E-state index is 0.169. The topological polar surface area (TPSA) is 93.5 Å². The number of nitrogens with zero attached hydrogens (tertiary/aromatic N) is 5. The van der Waals surface area contributed by atoms with Crippen molar-refractivity contribution < 1.29 is 4.74 Å². The maximum Gasteiger partial charge on any atom is 0.148 e. The van der Waals surface area contributed by atoms with Crippen LogP contribution in [0.25, 0.3) is 33.3 Å². The van der Waals surface area contributed by atoms with Crippen molar-refractivity contribution in [2.45, 2.75) is 45.7 Å². The highest BCUT2D eigenvalue weighted by molar-refractivity contribution is 6.36. The van der Waals surface area contributed by atoms with Crippen molar-refractivity contribution in [3.63, 3.8) is 0 Å². The van der Waals surface area contributed by atoms with E-state index in [4.69, 9.17) is 21.3 Å². The lowest BCUT2D eigenvalue weighted by Gasteiger charge is -2.36. The van der Waals surface area contributed by atoms with Gasteiger partial charge in [-0.2, -0.15) is 5.10 Å². The van der Waals surface area contributed by atoms with Gasteiger partial charge in [0.05, 0.1) is 34.6 Å². The Kier molecular flexibility index (Phi) is 5.65. The molecule has 1 unspecified atom stereocenters. The lowest BCUT2D eigenvalue weighted by atomic mass is 9.84. The summed E-state index contributed by atoms with van der Waals surface area (Å²) in [6, 6.07) is 9.40. The van der Waals surface area contributed by atoms with Crippen LogP contribution in [0.15, 0.2) is 48.9 Å². The minimum absolute atomic E-state index is 0.169. The van der Waals surface area contributed by atoms with Crippen LogP contribution >= 0.6 is 11.6 Å². The third-order valence-corrected chi connectivity index (χ3v) is 7.11. The zero-order chi connectivity index (χ0) is 24.9. The summed E-state index contributed by atoms with van der Waals surface area (Å²) in [5.74, 6) is 2.64. The maximum atomic E-state index is 6.76. The van der Waals surface area contributed by atoms with Gasteiger partial charge >= 0.3 is 0 Å². The van der Waals surface area contributed by atoms with E-state index < -0.39 is 0 Å². The molecule has 5 aromatic rings. The Labute approximate surface area is 214 Å². The van der Waals surface area contributed by atoms with Gasteiger partial charge in [-0.1, -0.05) is 11.6 Å². The van der Waals surface area contributed by atoms with E-state index in [1.54, 1.807) is 6.20 Å². The van der Waals surface area contributed by atoms with Crippen molar-refractivity contribution in [3.8, 4) is 22.8 Å². The number of piperidine rings is 1. The summed E-state index contributed by atoms with van der Waals surface area (Å²) >= 11 is 6.76. The van der Waals surface area contributed by atoms with Gasteiger partial charge in [-0.05, 0) is 70.3 Å². The molecule has 1 fully saturated rings. The van der Waals surface area contributed by atoms with Crippen LogP contribution in [0.5, 0.6) is 11.5 Å². The highest BCUT2D eigenvalue weighted by Gasteiger charge is 2.27. The van der Waals surface area contributed by atoms with Crippen molar-refractivity contribution >= 4 is 33.7 Å². The largest absolute Gasteiger partial charge is 0.456 e. The van der Waals surface area contributed by atoms with Crippen LogP contribution in [0.3, 0.4) is 0 Å². The molecule has 0 aliphatic carbocycles. The molecule has 8 nitrogen and oxygen atoms in total. The summed E-state index contributed by atoms with van der Waals surface area (Å²) in [5.41, 5.74) is 4.92. The molecule has 0 saturated carbocycles. The molecule has 1 aliphatic heterocycles. The Hall–Kier alpha value is -3.49. The number of hydrogen-bond acceptors (Lipinski definition) is 6. The zero-order valence-electron chi connectivity index (χ0n) is 20.5. The molecule has 0 radical (unpaired) electrons. The van der Waals surface area contributed by atoms with Crippen molar-refractivity contribution in [3.05, 3.63) is 59.8 Å². The smallest absolute Gasteiger partial charge is 0.148 e. The molecule has 1 aliphatic rings. The molecular weight excluding hydrogens is 474 g/mol. The number of ether oxygens (including phenoxy) is 1. The van der Waals surface area contributed by atoms with E-state index >= 15 is 0 Å². The summed E-state index contributed by atoms with van der Waals surface area (Å²) in [6.07, 6.45) is 7.93. The molecule has 2 aromatic carbocycles. The van der Waals surface area contributed by atoms with Gasteiger partial charge in [0.15, 0.2) is 0 Å². The van der Waals surface area contributed by atoms with Crippen molar-refractivity contribution in [1.82, 2.24) is 35.0 Å². The molecule has 0 bridgehead atoms. The fourth-order valence-corrected chi connectivity index (χ4v) is 5.32. The van der Waals surface area contributed by atoms with Crippen LogP contribution in [-0.4, -0.2) is 41.8 Å². The molecule has 3 aromatic heterocycles. The number of benzene rings is 2. The lowest BCUT2D eigenvalue weighted by Crippen LogP contribution is -2.47.